The van der Waals surface area contributed by atoms with Gasteiger partial charge in [0.25, 0.3) is 0 Å². The Labute approximate surface area is 83.8 Å². The van der Waals surface area contributed by atoms with Gasteiger partial charge in [-0.05, 0) is 19.9 Å². The van der Waals surface area contributed by atoms with E-state index in [-0.39, 0.29) is 0 Å². The molecule has 0 radical (unpaired) electrons. The molecule has 0 unspecified atom stereocenters. The highest BCUT2D eigenvalue weighted by atomic mass is 35.5. The quantitative estimate of drug-likeness (QED) is 0.698. The molecule has 1 aromatic rings. The molecule has 13 heavy (non-hydrogen) atoms. The maximum Gasteiger partial charge on any atom is 0.225 e. The molecule has 0 saturated carbocycles. The highest BCUT2D eigenvalue weighted by Crippen LogP contribution is 2.09. The number of anilines is 1. The molecular weight excluding hydrogens is 186 g/mol. The van der Waals surface area contributed by atoms with E-state index in [2.05, 4.69) is 16.9 Å². The van der Waals surface area contributed by atoms with Gasteiger partial charge in [-0.3, -0.25) is 0 Å². The lowest BCUT2D eigenvalue weighted by molar-refractivity contribution is 0.879. The molecular formula is C9H14ClN3. The van der Waals surface area contributed by atoms with Gasteiger partial charge in [0.2, 0.25) is 5.95 Å². The van der Waals surface area contributed by atoms with Crippen LogP contribution in [0.5, 0.6) is 0 Å². The van der Waals surface area contributed by atoms with Crippen LogP contribution in [0.3, 0.4) is 0 Å². The van der Waals surface area contributed by atoms with Crippen molar-refractivity contribution in [3.05, 3.63) is 17.5 Å². The van der Waals surface area contributed by atoms with Gasteiger partial charge in [-0.25, -0.2) is 9.97 Å². The molecule has 3 nitrogen and oxygen atoms in total. The van der Waals surface area contributed by atoms with Crippen molar-refractivity contribution in [1.29, 1.82) is 0 Å². The molecule has 1 rings (SSSR count). The van der Waals surface area contributed by atoms with Crippen molar-refractivity contribution in [2.75, 3.05) is 18.5 Å². The van der Waals surface area contributed by atoms with Crippen molar-refractivity contribution in [2.24, 2.45) is 0 Å². The van der Waals surface area contributed by atoms with Crippen LogP contribution >= 0.6 is 11.6 Å². The van der Waals surface area contributed by atoms with E-state index >= 15 is 0 Å². The summed E-state index contributed by atoms with van der Waals surface area (Å²) in [6.45, 7) is 4.90. The summed E-state index contributed by atoms with van der Waals surface area (Å²) < 4.78 is 0. The van der Waals surface area contributed by atoms with Gasteiger partial charge in [0.05, 0.1) is 11.6 Å². The largest absolute Gasteiger partial charge is 0.344 e. The Morgan fingerprint density at radius 3 is 2.69 bits per heavy atom. The van der Waals surface area contributed by atoms with Crippen molar-refractivity contribution in [2.45, 2.75) is 19.7 Å². The fourth-order valence-electron chi connectivity index (χ4n) is 0.997. The third kappa shape index (κ3) is 2.56. The van der Waals surface area contributed by atoms with E-state index in [1.807, 2.05) is 24.9 Å². The number of nitrogens with zero attached hydrogens (tertiary/aromatic N) is 3. The highest BCUT2D eigenvalue weighted by molar-refractivity contribution is 6.16. The van der Waals surface area contributed by atoms with E-state index in [9.17, 15) is 0 Å². The van der Waals surface area contributed by atoms with E-state index in [4.69, 9.17) is 11.6 Å². The summed E-state index contributed by atoms with van der Waals surface area (Å²) >= 11 is 5.71. The van der Waals surface area contributed by atoms with Crippen LogP contribution in [0.2, 0.25) is 0 Å². The topological polar surface area (TPSA) is 29.0 Å². The van der Waals surface area contributed by atoms with Crippen LogP contribution < -0.4 is 4.90 Å². The second kappa shape index (κ2) is 4.42. The van der Waals surface area contributed by atoms with E-state index in [1.54, 1.807) is 0 Å². The number of alkyl halides is 1. The Kier molecular flexibility index (Phi) is 3.48. The maximum absolute atomic E-state index is 5.71. The van der Waals surface area contributed by atoms with Crippen molar-refractivity contribution >= 4 is 17.5 Å². The zero-order chi connectivity index (χ0) is 9.84. The molecule has 0 aliphatic heterocycles. The lowest BCUT2D eigenvalue weighted by atomic mass is 10.3. The van der Waals surface area contributed by atoms with E-state index < -0.39 is 0 Å². The Bertz CT molecular complexity index is 288. The molecule has 4 heteroatoms. The van der Waals surface area contributed by atoms with Crippen molar-refractivity contribution in [3.8, 4) is 0 Å². The summed E-state index contributed by atoms with van der Waals surface area (Å²) in [5, 5.41) is 0. The molecule has 0 bridgehead atoms. The molecule has 0 atom stereocenters. The van der Waals surface area contributed by atoms with Gasteiger partial charge in [-0.15, -0.1) is 11.6 Å². The minimum Gasteiger partial charge on any atom is -0.344 e. The SMILES string of the molecule is CCN(C)c1nc(C)cc(CCl)n1. The van der Waals surface area contributed by atoms with Gasteiger partial charge >= 0.3 is 0 Å². The monoisotopic (exact) mass is 199 g/mol. The Morgan fingerprint density at radius 2 is 2.15 bits per heavy atom. The Morgan fingerprint density at radius 1 is 1.46 bits per heavy atom. The first kappa shape index (κ1) is 10.3. The summed E-state index contributed by atoms with van der Waals surface area (Å²) in [6.07, 6.45) is 0. The standard InChI is InChI=1S/C9H14ClN3/c1-4-13(3)9-11-7(2)5-8(6-10)12-9/h5H,4,6H2,1-3H3. The van der Waals surface area contributed by atoms with Gasteiger partial charge in [0, 0.05) is 19.3 Å². The predicted octanol–water partition coefficient (Wildman–Crippen LogP) is 1.98. The minimum absolute atomic E-state index is 0.438. The fraction of sp³-hybridized carbons (Fsp3) is 0.556. The van der Waals surface area contributed by atoms with Crippen LogP contribution in [0.25, 0.3) is 0 Å². The third-order valence-electron chi connectivity index (χ3n) is 1.85. The van der Waals surface area contributed by atoms with E-state index in [1.165, 1.54) is 0 Å². The van der Waals surface area contributed by atoms with Crippen molar-refractivity contribution < 1.29 is 0 Å². The summed E-state index contributed by atoms with van der Waals surface area (Å²) in [6, 6.07) is 1.90. The summed E-state index contributed by atoms with van der Waals surface area (Å²) in [5.41, 5.74) is 1.84. The molecule has 0 aliphatic carbocycles. The smallest absolute Gasteiger partial charge is 0.225 e. The zero-order valence-corrected chi connectivity index (χ0v) is 8.97. The van der Waals surface area contributed by atoms with E-state index in [0.717, 1.165) is 23.9 Å². The predicted molar refractivity (Wildman–Crippen MR) is 55.3 cm³/mol. The summed E-state index contributed by atoms with van der Waals surface area (Å²) in [7, 11) is 1.97. The van der Waals surface area contributed by atoms with Crippen LogP contribution in [0.1, 0.15) is 18.3 Å². The summed E-state index contributed by atoms with van der Waals surface area (Å²) in [5.74, 6) is 1.19. The number of hydrogen-bond donors (Lipinski definition) is 0. The number of halogens is 1. The molecule has 0 N–H and O–H groups in total. The summed E-state index contributed by atoms with van der Waals surface area (Å²) in [4.78, 5) is 10.6. The molecule has 0 fully saturated rings. The van der Waals surface area contributed by atoms with Gasteiger partial charge < -0.3 is 4.90 Å². The van der Waals surface area contributed by atoms with E-state index in [0.29, 0.717) is 5.88 Å². The molecule has 0 spiro atoms. The van der Waals surface area contributed by atoms with Gasteiger partial charge in [0.1, 0.15) is 0 Å². The molecule has 1 aromatic heterocycles. The third-order valence-corrected chi connectivity index (χ3v) is 2.12. The number of rotatable bonds is 3. The number of aryl methyl sites for hydroxylation is 1. The van der Waals surface area contributed by atoms with Crippen LogP contribution in [0.4, 0.5) is 5.95 Å². The van der Waals surface area contributed by atoms with Crippen LogP contribution in [-0.4, -0.2) is 23.6 Å². The average Bonchev–Trinajstić information content (AvgIpc) is 2.15. The lowest BCUT2D eigenvalue weighted by Gasteiger charge is -2.15. The molecule has 0 amide bonds. The molecule has 0 aliphatic rings. The second-order valence-electron chi connectivity index (χ2n) is 2.95. The van der Waals surface area contributed by atoms with Crippen LogP contribution in [-0.2, 0) is 5.88 Å². The van der Waals surface area contributed by atoms with Gasteiger partial charge in [-0.1, -0.05) is 0 Å². The first-order valence-electron chi connectivity index (χ1n) is 4.29. The maximum atomic E-state index is 5.71. The first-order chi connectivity index (χ1) is 6.17. The number of aromatic nitrogens is 2. The molecule has 72 valence electrons. The highest BCUT2D eigenvalue weighted by Gasteiger charge is 2.04. The van der Waals surface area contributed by atoms with Crippen LogP contribution in [0.15, 0.2) is 6.07 Å². The van der Waals surface area contributed by atoms with Crippen molar-refractivity contribution in [1.82, 2.24) is 9.97 Å². The fourth-order valence-corrected chi connectivity index (χ4v) is 1.13. The van der Waals surface area contributed by atoms with Crippen LogP contribution in [0, 0.1) is 6.92 Å². The zero-order valence-electron chi connectivity index (χ0n) is 8.21. The molecule has 1 heterocycles. The minimum atomic E-state index is 0.438. The Balaban J connectivity index is 3.01. The Hall–Kier alpha value is -0.830. The number of hydrogen-bond acceptors (Lipinski definition) is 3. The van der Waals surface area contributed by atoms with Crippen molar-refractivity contribution in [3.63, 3.8) is 0 Å². The average molecular weight is 200 g/mol. The van der Waals surface area contributed by atoms with Gasteiger partial charge in [-0.2, -0.15) is 0 Å². The lowest BCUT2D eigenvalue weighted by Crippen LogP contribution is -2.19. The first-order valence-corrected chi connectivity index (χ1v) is 4.82. The second-order valence-corrected chi connectivity index (χ2v) is 3.22. The van der Waals surface area contributed by atoms with Gasteiger partial charge in [0.15, 0.2) is 0 Å². The molecule has 0 saturated heterocycles. The molecule has 0 aromatic carbocycles. The normalized spacial score (nSPS) is 10.2.